The van der Waals surface area contributed by atoms with E-state index < -0.39 is 0 Å². The summed E-state index contributed by atoms with van der Waals surface area (Å²) in [7, 11) is 0. The first kappa shape index (κ1) is 32.3. The number of hydrogen-bond acceptors (Lipinski definition) is 4. The molecule has 264 valence electrons. The van der Waals surface area contributed by atoms with Gasteiger partial charge in [-0.05, 0) is 82.6 Å². The summed E-state index contributed by atoms with van der Waals surface area (Å²) in [5.41, 5.74) is 10.1. The standard InChI is InChI=1S/C52H33NO2S/c1-2-13-40(49-32-36-30-34-14-3-4-15-35(34)31-48(36)55-49)39-16-5-8-21-44(39)53(45-22-11-20-42-41-17-7-10-25-50(41)56-52(42)45)37-28-26-33(27-29-37)38-19-12-24-47-51(38)43-18-6-9-23-46(43)54-47/h2-32H,1H2/b40-13-. The van der Waals surface area contributed by atoms with Crippen LogP contribution in [0.4, 0.5) is 17.1 Å². The van der Waals surface area contributed by atoms with Gasteiger partial charge in [0.1, 0.15) is 22.5 Å². The molecule has 0 radical (unpaired) electrons. The zero-order valence-corrected chi connectivity index (χ0v) is 31.1. The Morgan fingerprint density at radius 3 is 2.11 bits per heavy atom. The molecule has 3 aromatic heterocycles. The summed E-state index contributed by atoms with van der Waals surface area (Å²) in [6, 6.07) is 62.4. The Morgan fingerprint density at radius 2 is 1.23 bits per heavy atom. The average molecular weight is 736 g/mol. The zero-order valence-electron chi connectivity index (χ0n) is 30.3. The number of fused-ring (bicyclic) bond motifs is 8. The number of furan rings is 2. The van der Waals surface area contributed by atoms with Gasteiger partial charge in [0.2, 0.25) is 0 Å². The molecule has 0 unspecified atom stereocenters. The molecule has 0 aliphatic rings. The molecular weight excluding hydrogens is 703 g/mol. The SMILES string of the molecule is C=C/C=C(\c1cc2cc3ccccc3cc2o1)c1ccccc1N(c1ccc(-c2cccc3oc4ccccc4c23)cc1)c1cccc2c1sc1ccccc12. The van der Waals surface area contributed by atoms with Gasteiger partial charge in [0, 0.05) is 48.5 Å². The Labute approximate surface area is 327 Å². The van der Waals surface area contributed by atoms with Gasteiger partial charge in [-0.3, -0.25) is 0 Å². The van der Waals surface area contributed by atoms with E-state index in [0.717, 1.165) is 83.4 Å². The summed E-state index contributed by atoms with van der Waals surface area (Å²) < 4.78 is 15.4. The second kappa shape index (κ2) is 13.0. The van der Waals surface area contributed by atoms with Crippen molar-refractivity contribution in [2.24, 2.45) is 0 Å². The minimum atomic E-state index is 0.790. The van der Waals surface area contributed by atoms with E-state index in [9.17, 15) is 0 Å². The number of anilines is 3. The molecule has 11 aromatic rings. The third-order valence-corrected chi connectivity index (χ3v) is 12.0. The maximum Gasteiger partial charge on any atom is 0.136 e. The third-order valence-electron chi connectivity index (χ3n) is 10.8. The highest BCUT2D eigenvalue weighted by Crippen LogP contribution is 2.48. The molecule has 0 aliphatic heterocycles. The number of allylic oxidation sites excluding steroid dienone is 2. The molecule has 0 fully saturated rings. The molecule has 0 saturated heterocycles. The fraction of sp³-hybridized carbons (Fsp3) is 0. The number of nitrogens with zero attached hydrogens (tertiary/aromatic N) is 1. The molecule has 0 atom stereocenters. The topological polar surface area (TPSA) is 29.5 Å². The number of benzene rings is 8. The average Bonchev–Trinajstić information content (AvgIpc) is 3.96. The van der Waals surface area contributed by atoms with Gasteiger partial charge in [-0.2, -0.15) is 0 Å². The van der Waals surface area contributed by atoms with E-state index in [1.165, 1.54) is 25.6 Å². The summed E-state index contributed by atoms with van der Waals surface area (Å²) in [6.45, 7) is 4.14. The van der Waals surface area contributed by atoms with Crippen LogP contribution < -0.4 is 4.90 Å². The van der Waals surface area contributed by atoms with Gasteiger partial charge < -0.3 is 13.7 Å². The highest BCUT2D eigenvalue weighted by molar-refractivity contribution is 7.26. The Morgan fingerprint density at radius 1 is 0.536 bits per heavy atom. The molecule has 56 heavy (non-hydrogen) atoms. The monoisotopic (exact) mass is 735 g/mol. The van der Waals surface area contributed by atoms with Crippen molar-refractivity contribution in [3.8, 4) is 11.1 Å². The van der Waals surface area contributed by atoms with Crippen molar-refractivity contribution in [2.45, 2.75) is 0 Å². The number of thiophene rings is 1. The van der Waals surface area contributed by atoms with Crippen LogP contribution in [0.15, 0.2) is 203 Å². The van der Waals surface area contributed by atoms with Crippen LogP contribution in [-0.2, 0) is 0 Å². The minimum absolute atomic E-state index is 0.790. The molecule has 0 saturated carbocycles. The highest BCUT2D eigenvalue weighted by Gasteiger charge is 2.23. The molecule has 0 amide bonds. The maximum atomic E-state index is 6.69. The smallest absolute Gasteiger partial charge is 0.136 e. The van der Waals surface area contributed by atoms with Gasteiger partial charge in [-0.1, -0.05) is 134 Å². The van der Waals surface area contributed by atoms with Crippen LogP contribution in [0.3, 0.4) is 0 Å². The Balaban J connectivity index is 1.11. The van der Waals surface area contributed by atoms with Crippen LogP contribution in [0.2, 0.25) is 0 Å². The second-order valence-electron chi connectivity index (χ2n) is 14.1. The Bertz CT molecular complexity index is 3290. The van der Waals surface area contributed by atoms with Crippen molar-refractivity contribution in [2.75, 3.05) is 4.90 Å². The van der Waals surface area contributed by atoms with E-state index in [-0.39, 0.29) is 0 Å². The van der Waals surface area contributed by atoms with Crippen molar-refractivity contribution < 1.29 is 8.83 Å². The Hall–Kier alpha value is -7.14. The van der Waals surface area contributed by atoms with E-state index in [2.05, 4.69) is 181 Å². The van der Waals surface area contributed by atoms with Crippen LogP contribution in [0.5, 0.6) is 0 Å². The first-order chi connectivity index (χ1) is 27.7. The van der Waals surface area contributed by atoms with E-state index in [4.69, 9.17) is 8.83 Å². The van der Waals surface area contributed by atoms with Gasteiger partial charge in [-0.15, -0.1) is 11.3 Å². The lowest BCUT2D eigenvalue weighted by atomic mass is 9.97. The molecule has 3 heterocycles. The lowest BCUT2D eigenvalue weighted by Gasteiger charge is -2.29. The number of hydrogen-bond donors (Lipinski definition) is 0. The number of rotatable bonds is 7. The maximum absolute atomic E-state index is 6.69. The van der Waals surface area contributed by atoms with E-state index in [1.807, 2.05) is 29.5 Å². The van der Waals surface area contributed by atoms with Gasteiger partial charge >= 0.3 is 0 Å². The summed E-state index contributed by atoms with van der Waals surface area (Å²) in [5.74, 6) is 0.790. The normalized spacial score (nSPS) is 12.1. The molecule has 0 N–H and O–H groups in total. The second-order valence-corrected chi connectivity index (χ2v) is 15.1. The van der Waals surface area contributed by atoms with Crippen molar-refractivity contribution in [1.82, 2.24) is 0 Å². The molecule has 0 bridgehead atoms. The predicted octanol–water partition coefficient (Wildman–Crippen LogP) is 15.6. The summed E-state index contributed by atoms with van der Waals surface area (Å²) in [5, 5.41) is 8.16. The first-order valence-corrected chi connectivity index (χ1v) is 19.6. The number of para-hydroxylation sites is 2. The molecule has 11 rings (SSSR count). The highest BCUT2D eigenvalue weighted by atomic mass is 32.1. The van der Waals surface area contributed by atoms with Crippen LogP contribution in [0, 0.1) is 0 Å². The van der Waals surface area contributed by atoms with E-state index in [0.29, 0.717) is 0 Å². The van der Waals surface area contributed by atoms with Crippen molar-refractivity contribution in [3.05, 3.63) is 206 Å². The van der Waals surface area contributed by atoms with Crippen molar-refractivity contribution in [1.29, 1.82) is 0 Å². The van der Waals surface area contributed by atoms with E-state index in [1.54, 1.807) is 0 Å². The lowest BCUT2D eigenvalue weighted by molar-refractivity contribution is 0.601. The fourth-order valence-electron chi connectivity index (χ4n) is 8.30. The molecule has 0 aliphatic carbocycles. The van der Waals surface area contributed by atoms with Gasteiger partial charge in [0.15, 0.2) is 0 Å². The summed E-state index contributed by atoms with van der Waals surface area (Å²) >= 11 is 1.83. The van der Waals surface area contributed by atoms with Crippen LogP contribution in [0.25, 0.3) is 80.6 Å². The Kier molecular flexibility index (Phi) is 7.51. The summed E-state index contributed by atoms with van der Waals surface area (Å²) in [4.78, 5) is 2.40. The lowest BCUT2D eigenvalue weighted by Crippen LogP contribution is -2.12. The molecule has 8 aromatic carbocycles. The fourth-order valence-corrected chi connectivity index (χ4v) is 9.51. The predicted molar refractivity (Wildman–Crippen MR) is 238 cm³/mol. The van der Waals surface area contributed by atoms with Gasteiger partial charge in [0.05, 0.1) is 16.1 Å². The van der Waals surface area contributed by atoms with E-state index >= 15 is 0 Å². The largest absolute Gasteiger partial charge is 0.456 e. The van der Waals surface area contributed by atoms with Crippen LogP contribution >= 0.6 is 11.3 Å². The first-order valence-electron chi connectivity index (χ1n) is 18.8. The minimum Gasteiger partial charge on any atom is -0.456 e. The molecule has 0 spiro atoms. The van der Waals surface area contributed by atoms with Crippen molar-refractivity contribution >= 4 is 97.8 Å². The van der Waals surface area contributed by atoms with Crippen molar-refractivity contribution in [3.63, 3.8) is 0 Å². The van der Waals surface area contributed by atoms with Gasteiger partial charge in [0.25, 0.3) is 0 Å². The van der Waals surface area contributed by atoms with Crippen LogP contribution in [0.1, 0.15) is 11.3 Å². The summed E-state index contributed by atoms with van der Waals surface area (Å²) in [6.07, 6.45) is 3.91. The third kappa shape index (κ3) is 5.19. The van der Waals surface area contributed by atoms with Crippen LogP contribution in [-0.4, -0.2) is 0 Å². The molecule has 4 heteroatoms. The zero-order chi connectivity index (χ0) is 37.2. The quantitative estimate of drug-likeness (QED) is 0.153. The van der Waals surface area contributed by atoms with Gasteiger partial charge in [-0.25, -0.2) is 0 Å². The molecule has 3 nitrogen and oxygen atoms in total. The molecular formula is C52H33NO2S.